The molecule has 2 fully saturated rings. The van der Waals surface area contributed by atoms with Gasteiger partial charge in [-0.1, -0.05) is 151 Å². The molecule has 2 N–H and O–H groups in total. The van der Waals surface area contributed by atoms with E-state index in [0.717, 1.165) is 113 Å². The minimum atomic E-state index is -0.546. The minimum Gasteiger partial charge on any atom is -0.498 e. The Morgan fingerprint density at radius 2 is 1.28 bits per heavy atom. The molecule has 1 aromatic carbocycles. The molecule has 1 saturated heterocycles. The summed E-state index contributed by atoms with van der Waals surface area (Å²) >= 11 is 0. The summed E-state index contributed by atoms with van der Waals surface area (Å²) in [6, 6.07) is 0. The number of likely N-dealkylation sites (tertiary alicyclic amines) is 1. The Morgan fingerprint density at radius 1 is 0.815 bits per heavy atom. The van der Waals surface area contributed by atoms with Gasteiger partial charge < -0.3 is 9.84 Å². The molecule has 3 rings (SSSR count). The van der Waals surface area contributed by atoms with E-state index in [1.807, 2.05) is 96.1 Å². The first kappa shape index (κ1) is 64.3. The lowest BCUT2D eigenvalue weighted by atomic mass is 9.80. The normalized spacial score (nSPS) is 19.9. The number of hydrogen-bond donors (Lipinski definition) is 2. The highest BCUT2D eigenvalue weighted by atomic mass is 19.1. The van der Waals surface area contributed by atoms with Crippen molar-refractivity contribution in [1.82, 2.24) is 4.90 Å². The van der Waals surface area contributed by atoms with Crippen LogP contribution in [0.3, 0.4) is 0 Å². The van der Waals surface area contributed by atoms with Crippen LogP contribution in [0, 0.1) is 41.3 Å². The first-order valence-corrected chi connectivity index (χ1v) is 26.0. The fourth-order valence-electron chi connectivity index (χ4n) is 8.39. The third-order valence-electron chi connectivity index (χ3n) is 14.3. The lowest BCUT2D eigenvalue weighted by molar-refractivity contribution is 0.0576. The highest BCUT2D eigenvalue weighted by Gasteiger charge is 2.52. The van der Waals surface area contributed by atoms with E-state index >= 15 is 4.39 Å². The molecule has 0 radical (unpaired) electrons. The van der Waals surface area contributed by atoms with Crippen LogP contribution in [0.2, 0.25) is 0 Å². The van der Waals surface area contributed by atoms with Gasteiger partial charge >= 0.3 is 0 Å². The summed E-state index contributed by atoms with van der Waals surface area (Å²) in [5, 5.41) is 19.5. The van der Waals surface area contributed by atoms with Crippen molar-refractivity contribution in [2.75, 3.05) is 19.7 Å². The summed E-state index contributed by atoms with van der Waals surface area (Å²) in [7, 11) is 0. The predicted molar refractivity (Wildman–Crippen MR) is 290 cm³/mol. The molecule has 376 valence electrons. The molecule has 0 bridgehead atoms. The SMILES string of the molecule is C=C(C)OCC1(CN2CC(C)(O)CC2(C)CC)CC1.C=C(C)c1c(C)c(F)c(C(=N)/C(C(C)=C(C)C)=C(C)\C(C)=C/C)c(CC)c1CC.CC.CCC(C)C.CCC(C)CCC(C)CC. The van der Waals surface area contributed by atoms with Gasteiger partial charge in [0.1, 0.15) is 5.82 Å². The van der Waals surface area contributed by atoms with E-state index in [1.165, 1.54) is 44.9 Å². The molecule has 1 aromatic rings. The summed E-state index contributed by atoms with van der Waals surface area (Å²) in [5.41, 5.74) is 10.2. The summed E-state index contributed by atoms with van der Waals surface area (Å²) < 4.78 is 21.4. The maximum atomic E-state index is 15.8. The third kappa shape index (κ3) is 20.6. The molecular formula is C60H107FN2O2. The number of β-amino-alcohol motifs (C(OH)–C–C–N with tert-alkyl or cyclic N) is 1. The van der Waals surface area contributed by atoms with Crippen LogP contribution < -0.4 is 0 Å². The van der Waals surface area contributed by atoms with E-state index < -0.39 is 5.60 Å². The van der Waals surface area contributed by atoms with Crippen molar-refractivity contribution in [1.29, 1.82) is 5.41 Å². The van der Waals surface area contributed by atoms with Gasteiger partial charge in [-0.2, -0.15) is 0 Å². The second-order valence-electron chi connectivity index (χ2n) is 20.9. The molecule has 4 nitrogen and oxygen atoms in total. The minimum absolute atomic E-state index is 0.127. The third-order valence-corrected chi connectivity index (χ3v) is 14.3. The molecule has 4 atom stereocenters. The standard InChI is InChI=1S/C27H38FN.C16H29NO2.C10H22.C5H12.C2H6/c1-12-17(8)19(10)24(18(9)15(4)5)27(29)25-22(14-3)21(13-2)23(16(6)7)20(11)26(25)28;1-6-14(4)9-15(5,18)10-17(14)11-16(7-8-16)12-19-13(2)3;1-5-9(3)7-8-10(4)6-2;1-4-5(2)3;1-2/h12,29H,6,13-14H2,1-5,7-11H3;18H,2,6-12H2,1,3-5H3;9-10H,5-8H2,1-4H3;5H,4H2,1-3H3;1-2H3/b17-12-,24-19-,29-27?;;;;. The molecule has 1 aliphatic carbocycles. The van der Waals surface area contributed by atoms with E-state index in [1.54, 1.807) is 0 Å². The van der Waals surface area contributed by atoms with Crippen LogP contribution in [-0.2, 0) is 17.6 Å². The van der Waals surface area contributed by atoms with Gasteiger partial charge in [-0.25, -0.2) is 4.39 Å². The van der Waals surface area contributed by atoms with E-state index in [0.29, 0.717) is 23.0 Å². The van der Waals surface area contributed by atoms with Crippen molar-refractivity contribution >= 4 is 11.3 Å². The van der Waals surface area contributed by atoms with E-state index in [-0.39, 0.29) is 17.1 Å². The number of nitrogens with zero attached hydrogens (tertiary/aromatic N) is 1. The topological polar surface area (TPSA) is 56.6 Å². The summed E-state index contributed by atoms with van der Waals surface area (Å²) in [5.74, 6) is 3.28. The van der Waals surface area contributed by atoms with Gasteiger partial charge in [0.05, 0.1) is 23.7 Å². The fraction of sp³-hybridized carbons (Fsp3) is 0.717. The Bertz CT molecular complexity index is 1720. The zero-order valence-corrected chi connectivity index (χ0v) is 47.3. The molecule has 2 aliphatic rings. The van der Waals surface area contributed by atoms with E-state index in [9.17, 15) is 5.11 Å². The first-order chi connectivity index (χ1) is 30.1. The smallest absolute Gasteiger partial charge is 0.136 e. The fourth-order valence-corrected chi connectivity index (χ4v) is 8.39. The van der Waals surface area contributed by atoms with Crippen LogP contribution >= 0.6 is 0 Å². The summed E-state index contributed by atoms with van der Waals surface area (Å²) in [6.45, 7) is 58.9. The number of benzene rings is 1. The molecule has 1 aliphatic heterocycles. The second kappa shape index (κ2) is 30.6. The van der Waals surface area contributed by atoms with Crippen LogP contribution in [0.4, 0.5) is 4.39 Å². The van der Waals surface area contributed by atoms with Crippen molar-refractivity contribution in [3.63, 3.8) is 0 Å². The summed E-state index contributed by atoms with van der Waals surface area (Å²) in [4.78, 5) is 2.49. The zero-order valence-electron chi connectivity index (χ0n) is 47.3. The summed E-state index contributed by atoms with van der Waals surface area (Å²) in [6.07, 6.45) is 14.8. The molecule has 5 heteroatoms. The molecule has 1 heterocycles. The largest absolute Gasteiger partial charge is 0.498 e. The molecule has 0 spiro atoms. The van der Waals surface area contributed by atoms with Gasteiger partial charge in [-0.05, 0) is 166 Å². The van der Waals surface area contributed by atoms with Crippen molar-refractivity contribution in [2.45, 2.75) is 241 Å². The number of allylic oxidation sites excluding steroid dienone is 8. The Labute approximate surface area is 404 Å². The Hall–Kier alpha value is -2.76. The highest BCUT2D eigenvalue weighted by molar-refractivity contribution is 6.15. The number of rotatable bonds is 19. The van der Waals surface area contributed by atoms with Gasteiger partial charge in [-0.3, -0.25) is 10.3 Å². The lowest BCUT2D eigenvalue weighted by Gasteiger charge is -2.36. The van der Waals surface area contributed by atoms with E-state index in [4.69, 9.17) is 10.1 Å². The van der Waals surface area contributed by atoms with Crippen molar-refractivity contribution in [2.24, 2.45) is 23.2 Å². The Kier molecular flexibility index (Phi) is 30.3. The van der Waals surface area contributed by atoms with Gasteiger partial charge in [0.15, 0.2) is 0 Å². The van der Waals surface area contributed by atoms with Crippen LogP contribution in [0.1, 0.15) is 238 Å². The average molecular weight is 908 g/mol. The number of aliphatic hydroxyl groups is 1. The quantitative estimate of drug-likeness (QED) is 0.0826. The van der Waals surface area contributed by atoms with Gasteiger partial charge in [0, 0.05) is 35.2 Å². The molecule has 1 saturated carbocycles. The monoisotopic (exact) mass is 907 g/mol. The van der Waals surface area contributed by atoms with Crippen LogP contribution in [0.5, 0.6) is 0 Å². The Balaban J connectivity index is 0. The van der Waals surface area contributed by atoms with Crippen LogP contribution in [0.25, 0.3) is 5.57 Å². The zero-order chi connectivity index (χ0) is 51.2. The predicted octanol–water partition coefficient (Wildman–Crippen LogP) is 18.2. The van der Waals surface area contributed by atoms with Crippen LogP contribution in [0.15, 0.2) is 52.9 Å². The number of nitrogens with one attached hydrogen (secondary N) is 1. The molecule has 0 aromatic heterocycles. The molecule has 4 unspecified atom stereocenters. The molecule has 65 heavy (non-hydrogen) atoms. The Morgan fingerprint density at radius 3 is 1.62 bits per heavy atom. The lowest BCUT2D eigenvalue weighted by Crippen LogP contribution is -2.44. The highest BCUT2D eigenvalue weighted by Crippen LogP contribution is 2.50. The number of hydrogen-bond acceptors (Lipinski definition) is 4. The van der Waals surface area contributed by atoms with Crippen molar-refractivity contribution in [3.05, 3.63) is 86.5 Å². The van der Waals surface area contributed by atoms with Crippen molar-refractivity contribution in [3.8, 4) is 0 Å². The van der Waals surface area contributed by atoms with E-state index in [2.05, 4.69) is 87.3 Å². The maximum Gasteiger partial charge on any atom is 0.136 e. The van der Waals surface area contributed by atoms with Crippen LogP contribution in [-0.4, -0.2) is 46.6 Å². The molecular weight excluding hydrogens is 800 g/mol. The van der Waals surface area contributed by atoms with Gasteiger partial charge in [0.2, 0.25) is 0 Å². The number of ether oxygens (including phenoxy) is 1. The number of halogens is 1. The van der Waals surface area contributed by atoms with Gasteiger partial charge in [-0.15, -0.1) is 0 Å². The molecule has 0 amide bonds. The average Bonchev–Trinajstić information content (AvgIpc) is 3.99. The maximum absolute atomic E-state index is 15.8. The second-order valence-corrected chi connectivity index (χ2v) is 20.9. The van der Waals surface area contributed by atoms with Crippen molar-refractivity contribution < 1.29 is 14.2 Å². The van der Waals surface area contributed by atoms with Gasteiger partial charge in [0.25, 0.3) is 0 Å². The first-order valence-electron chi connectivity index (χ1n) is 26.0.